The predicted octanol–water partition coefficient (Wildman–Crippen LogP) is 2.18. The molecular weight excluding hydrogens is 260 g/mol. The molecule has 1 aromatic carbocycles. The van der Waals surface area contributed by atoms with E-state index in [2.05, 4.69) is 10.3 Å². The largest absolute Gasteiger partial charge is 0.392 e. The molecule has 0 aliphatic heterocycles. The van der Waals surface area contributed by atoms with Gasteiger partial charge in [0.2, 0.25) is 0 Å². The lowest BCUT2D eigenvalue weighted by Crippen LogP contribution is -2.22. The van der Waals surface area contributed by atoms with Crippen molar-refractivity contribution in [3.05, 3.63) is 51.0 Å². The van der Waals surface area contributed by atoms with Crippen molar-refractivity contribution in [1.29, 1.82) is 0 Å². The molecule has 19 heavy (non-hydrogen) atoms. The molecule has 100 valence electrons. The fraction of sp³-hybridized carbons (Fsp3) is 0.286. The Hall–Kier alpha value is -1.72. The lowest BCUT2D eigenvalue weighted by Gasteiger charge is -2.05. The number of aromatic nitrogens is 1. The number of nitrogens with one attached hydrogen (secondary N) is 1. The summed E-state index contributed by atoms with van der Waals surface area (Å²) in [4.78, 5) is 16.9. The van der Waals surface area contributed by atoms with Crippen LogP contribution in [0, 0.1) is 13.8 Å². The van der Waals surface area contributed by atoms with Crippen molar-refractivity contribution < 1.29 is 9.90 Å². The van der Waals surface area contributed by atoms with E-state index in [9.17, 15) is 4.79 Å². The molecule has 2 aromatic rings. The summed E-state index contributed by atoms with van der Waals surface area (Å²) in [6.45, 7) is 4.18. The Kier molecular flexibility index (Phi) is 4.29. The molecule has 1 heterocycles. The van der Waals surface area contributed by atoms with Crippen LogP contribution in [-0.2, 0) is 13.2 Å². The molecule has 0 saturated heterocycles. The van der Waals surface area contributed by atoms with E-state index >= 15 is 0 Å². The van der Waals surface area contributed by atoms with Gasteiger partial charge >= 0.3 is 0 Å². The molecule has 0 aliphatic rings. The van der Waals surface area contributed by atoms with Crippen LogP contribution in [0.5, 0.6) is 0 Å². The number of carbonyl (C=O) groups is 1. The van der Waals surface area contributed by atoms with E-state index in [4.69, 9.17) is 5.11 Å². The Morgan fingerprint density at radius 1 is 1.37 bits per heavy atom. The number of amides is 1. The minimum absolute atomic E-state index is 0.00886. The normalized spacial score (nSPS) is 10.5. The van der Waals surface area contributed by atoms with Gasteiger partial charge in [0.15, 0.2) is 0 Å². The van der Waals surface area contributed by atoms with Gasteiger partial charge in [0.05, 0.1) is 17.3 Å². The molecule has 1 amide bonds. The number of hydrogen-bond acceptors (Lipinski definition) is 4. The van der Waals surface area contributed by atoms with Crippen LogP contribution in [-0.4, -0.2) is 16.0 Å². The van der Waals surface area contributed by atoms with Crippen LogP contribution in [0.3, 0.4) is 0 Å². The first kappa shape index (κ1) is 13.7. The topological polar surface area (TPSA) is 62.2 Å². The van der Waals surface area contributed by atoms with Crippen molar-refractivity contribution in [1.82, 2.24) is 10.3 Å². The lowest BCUT2D eigenvalue weighted by molar-refractivity contribution is 0.0954. The number of carbonyl (C=O) groups excluding carboxylic acids is 1. The molecule has 0 aliphatic carbocycles. The van der Waals surface area contributed by atoms with Crippen molar-refractivity contribution in [2.24, 2.45) is 0 Å². The molecule has 0 bridgehead atoms. The fourth-order valence-corrected chi connectivity index (χ4v) is 2.68. The number of hydrogen-bond donors (Lipinski definition) is 2. The van der Waals surface area contributed by atoms with Crippen molar-refractivity contribution in [3.63, 3.8) is 0 Å². The maximum atomic E-state index is 12.0. The van der Waals surface area contributed by atoms with Gasteiger partial charge in [-0.25, -0.2) is 4.98 Å². The fourth-order valence-electron chi connectivity index (χ4n) is 1.84. The van der Waals surface area contributed by atoms with Gasteiger partial charge in [0, 0.05) is 6.54 Å². The van der Waals surface area contributed by atoms with Gasteiger partial charge in [-0.2, -0.15) is 0 Å². The smallest absolute Gasteiger partial charge is 0.263 e. The van der Waals surface area contributed by atoms with E-state index < -0.39 is 0 Å². The summed E-state index contributed by atoms with van der Waals surface area (Å²) in [5.41, 5.74) is 2.58. The van der Waals surface area contributed by atoms with Gasteiger partial charge in [-0.3, -0.25) is 4.79 Å². The Morgan fingerprint density at radius 3 is 2.74 bits per heavy atom. The van der Waals surface area contributed by atoms with Gasteiger partial charge in [0.25, 0.3) is 5.91 Å². The van der Waals surface area contributed by atoms with E-state index in [-0.39, 0.29) is 12.5 Å². The summed E-state index contributed by atoms with van der Waals surface area (Å²) in [5.74, 6) is -0.0995. The van der Waals surface area contributed by atoms with Crippen LogP contribution < -0.4 is 5.32 Å². The van der Waals surface area contributed by atoms with Gasteiger partial charge in [-0.15, -0.1) is 11.3 Å². The summed E-state index contributed by atoms with van der Waals surface area (Å²) < 4.78 is 0. The van der Waals surface area contributed by atoms with Crippen molar-refractivity contribution >= 4 is 17.2 Å². The first-order valence-corrected chi connectivity index (χ1v) is 6.82. The Bertz CT molecular complexity index is 593. The van der Waals surface area contributed by atoms with Crippen molar-refractivity contribution in [3.8, 4) is 0 Å². The zero-order valence-corrected chi connectivity index (χ0v) is 11.8. The summed E-state index contributed by atoms with van der Waals surface area (Å²) in [7, 11) is 0. The highest BCUT2D eigenvalue weighted by molar-refractivity contribution is 7.13. The third kappa shape index (κ3) is 3.39. The van der Waals surface area contributed by atoms with E-state index in [1.165, 1.54) is 11.3 Å². The van der Waals surface area contributed by atoms with Crippen molar-refractivity contribution in [2.45, 2.75) is 27.0 Å². The van der Waals surface area contributed by atoms with Crippen LogP contribution in [0.15, 0.2) is 24.3 Å². The minimum Gasteiger partial charge on any atom is -0.392 e. The molecule has 2 N–H and O–H groups in total. The van der Waals surface area contributed by atoms with E-state index in [1.807, 2.05) is 38.1 Å². The van der Waals surface area contributed by atoms with Gasteiger partial charge in [-0.05, 0) is 25.0 Å². The Balaban J connectivity index is 2.02. The summed E-state index contributed by atoms with van der Waals surface area (Å²) >= 11 is 1.40. The van der Waals surface area contributed by atoms with Crippen LogP contribution in [0.1, 0.15) is 31.5 Å². The Morgan fingerprint density at radius 2 is 2.11 bits per heavy atom. The summed E-state index contributed by atoms with van der Waals surface area (Å²) in [6.07, 6.45) is 0. The second-order valence-corrected chi connectivity index (χ2v) is 5.51. The molecule has 0 fully saturated rings. The van der Waals surface area contributed by atoms with Gasteiger partial charge in [-0.1, -0.05) is 24.3 Å². The molecular formula is C14H16N2O2S. The second kappa shape index (κ2) is 5.95. The molecule has 0 atom stereocenters. The quantitative estimate of drug-likeness (QED) is 0.899. The number of rotatable bonds is 4. The number of nitrogens with zero attached hydrogens (tertiary/aromatic N) is 1. The highest BCUT2D eigenvalue weighted by atomic mass is 32.1. The molecule has 0 radical (unpaired) electrons. The zero-order valence-electron chi connectivity index (χ0n) is 10.9. The molecule has 1 aromatic heterocycles. The van der Waals surface area contributed by atoms with Gasteiger partial charge in [0.1, 0.15) is 4.88 Å². The molecule has 5 heteroatoms. The highest BCUT2D eigenvalue weighted by Crippen LogP contribution is 2.17. The first-order valence-electron chi connectivity index (χ1n) is 6.01. The van der Waals surface area contributed by atoms with Crippen LogP contribution >= 0.6 is 11.3 Å². The third-order valence-electron chi connectivity index (χ3n) is 2.74. The SMILES string of the molecule is Cc1nc(C)c(C(=O)NCc2cccc(CO)c2)s1. The number of aliphatic hydroxyl groups is 1. The summed E-state index contributed by atoms with van der Waals surface area (Å²) in [6, 6.07) is 7.52. The lowest BCUT2D eigenvalue weighted by atomic mass is 10.1. The number of aryl methyl sites for hydroxylation is 2. The van der Waals surface area contributed by atoms with Crippen LogP contribution in [0.25, 0.3) is 0 Å². The zero-order chi connectivity index (χ0) is 13.8. The van der Waals surface area contributed by atoms with E-state index in [1.54, 1.807) is 0 Å². The number of aliphatic hydroxyl groups excluding tert-OH is 1. The second-order valence-electron chi connectivity index (χ2n) is 4.31. The van der Waals surface area contributed by atoms with E-state index in [0.29, 0.717) is 11.4 Å². The molecule has 0 spiro atoms. The molecule has 4 nitrogen and oxygen atoms in total. The molecule has 0 unspecified atom stereocenters. The van der Waals surface area contributed by atoms with E-state index in [0.717, 1.165) is 21.8 Å². The number of benzene rings is 1. The monoisotopic (exact) mass is 276 g/mol. The minimum atomic E-state index is -0.0995. The van der Waals surface area contributed by atoms with Crippen molar-refractivity contribution in [2.75, 3.05) is 0 Å². The summed E-state index contributed by atoms with van der Waals surface area (Å²) in [5, 5.41) is 12.8. The molecule has 2 rings (SSSR count). The average molecular weight is 276 g/mol. The Labute approximate surface area is 116 Å². The predicted molar refractivity (Wildman–Crippen MR) is 75.1 cm³/mol. The number of thiazole rings is 1. The highest BCUT2D eigenvalue weighted by Gasteiger charge is 2.13. The molecule has 0 saturated carbocycles. The first-order chi connectivity index (χ1) is 9.10. The van der Waals surface area contributed by atoms with Crippen LogP contribution in [0.4, 0.5) is 0 Å². The average Bonchev–Trinajstić information content (AvgIpc) is 2.75. The van der Waals surface area contributed by atoms with Crippen LogP contribution in [0.2, 0.25) is 0 Å². The van der Waals surface area contributed by atoms with Gasteiger partial charge < -0.3 is 10.4 Å². The standard InChI is InChI=1S/C14H16N2O2S/c1-9-13(19-10(2)16-9)14(18)15-7-11-4-3-5-12(6-11)8-17/h3-6,17H,7-8H2,1-2H3,(H,15,18). The third-order valence-corrected chi connectivity index (χ3v) is 3.81. The maximum Gasteiger partial charge on any atom is 0.263 e. The maximum absolute atomic E-state index is 12.0.